The maximum Gasteiger partial charge on any atom is 0.412 e. The molecule has 0 atom stereocenters. The molecule has 0 radical (unpaired) electrons. The van der Waals surface area contributed by atoms with Crippen molar-refractivity contribution in [3.05, 3.63) is 11.9 Å². The molecule has 7 heteroatoms. The molecule has 1 amide bonds. The molecule has 0 saturated heterocycles. The lowest BCUT2D eigenvalue weighted by Crippen LogP contribution is -2.27. The molecule has 0 fully saturated rings. The zero-order valence-electron chi connectivity index (χ0n) is 10.6. The molecule has 1 rings (SSSR count). The monoisotopic (exact) mass is 255 g/mol. The third kappa shape index (κ3) is 4.17. The van der Waals surface area contributed by atoms with Gasteiger partial charge in [-0.25, -0.2) is 4.79 Å². The molecule has 7 nitrogen and oxygen atoms in total. The summed E-state index contributed by atoms with van der Waals surface area (Å²) in [4.78, 5) is 22.3. The van der Waals surface area contributed by atoms with Gasteiger partial charge in [0.1, 0.15) is 11.3 Å². The fourth-order valence-electron chi connectivity index (χ4n) is 1.25. The lowest BCUT2D eigenvalue weighted by molar-refractivity contribution is 0.0636. The van der Waals surface area contributed by atoms with E-state index in [2.05, 4.69) is 10.4 Å². The number of hydrogen-bond acceptors (Lipinski definition) is 5. The highest BCUT2D eigenvalue weighted by atomic mass is 16.6. The summed E-state index contributed by atoms with van der Waals surface area (Å²) >= 11 is 0. The minimum Gasteiger partial charge on any atom is -0.444 e. The molecule has 0 unspecified atom stereocenters. The van der Waals surface area contributed by atoms with E-state index in [0.29, 0.717) is 6.29 Å². The predicted octanol–water partition coefficient (Wildman–Crippen LogP) is 1.03. The van der Waals surface area contributed by atoms with Crippen LogP contribution in [0.5, 0.6) is 0 Å². The van der Waals surface area contributed by atoms with Crippen LogP contribution in [0.1, 0.15) is 31.3 Å². The van der Waals surface area contributed by atoms with Crippen molar-refractivity contribution in [1.29, 1.82) is 0 Å². The van der Waals surface area contributed by atoms with Gasteiger partial charge in [-0.1, -0.05) is 0 Å². The van der Waals surface area contributed by atoms with Crippen molar-refractivity contribution in [2.45, 2.75) is 32.9 Å². The van der Waals surface area contributed by atoms with Crippen molar-refractivity contribution in [2.75, 3.05) is 11.9 Å². The first-order valence-electron chi connectivity index (χ1n) is 5.49. The Morgan fingerprint density at radius 3 is 2.78 bits per heavy atom. The number of rotatable bonds is 4. The van der Waals surface area contributed by atoms with Gasteiger partial charge in [-0.05, 0) is 20.8 Å². The number of amides is 1. The third-order valence-corrected chi connectivity index (χ3v) is 1.87. The van der Waals surface area contributed by atoms with Gasteiger partial charge >= 0.3 is 6.09 Å². The Balaban J connectivity index is 2.77. The number of aromatic nitrogens is 2. The predicted molar refractivity (Wildman–Crippen MR) is 64.6 cm³/mol. The molecule has 0 bridgehead atoms. The van der Waals surface area contributed by atoms with Crippen LogP contribution >= 0.6 is 0 Å². The second kappa shape index (κ2) is 5.63. The van der Waals surface area contributed by atoms with Crippen LogP contribution in [0, 0.1) is 0 Å². The van der Waals surface area contributed by atoms with Gasteiger partial charge < -0.3 is 9.84 Å². The Bertz CT molecular complexity index is 434. The van der Waals surface area contributed by atoms with E-state index in [0.717, 1.165) is 0 Å². The highest BCUT2D eigenvalue weighted by molar-refractivity contribution is 5.91. The number of nitrogens with one attached hydrogen (secondary N) is 1. The van der Waals surface area contributed by atoms with Crippen LogP contribution < -0.4 is 5.32 Å². The van der Waals surface area contributed by atoms with Crippen LogP contribution in [0.25, 0.3) is 0 Å². The van der Waals surface area contributed by atoms with Gasteiger partial charge in [-0.15, -0.1) is 0 Å². The summed E-state index contributed by atoms with van der Waals surface area (Å²) in [5.41, 5.74) is -0.269. The number of ether oxygens (including phenoxy) is 1. The van der Waals surface area contributed by atoms with Gasteiger partial charge in [0.25, 0.3) is 0 Å². The second-order valence-corrected chi connectivity index (χ2v) is 4.66. The smallest absolute Gasteiger partial charge is 0.412 e. The lowest BCUT2D eigenvalue weighted by Gasteiger charge is -2.19. The largest absolute Gasteiger partial charge is 0.444 e. The standard InChI is InChI=1S/C11H17N3O4/c1-11(2,3)18-10(17)12-8-6-14(4-5-15)13-9(8)7-16/h6-7,15H,4-5H2,1-3H3,(H,12,17). The lowest BCUT2D eigenvalue weighted by atomic mass is 10.2. The number of nitrogens with zero attached hydrogens (tertiary/aromatic N) is 2. The molecule has 100 valence electrons. The van der Waals surface area contributed by atoms with Crippen molar-refractivity contribution in [2.24, 2.45) is 0 Å². The zero-order chi connectivity index (χ0) is 13.8. The van der Waals surface area contributed by atoms with E-state index in [-0.39, 0.29) is 24.5 Å². The molecular weight excluding hydrogens is 238 g/mol. The third-order valence-electron chi connectivity index (χ3n) is 1.87. The van der Waals surface area contributed by atoms with Crippen molar-refractivity contribution in [1.82, 2.24) is 9.78 Å². The fourth-order valence-corrected chi connectivity index (χ4v) is 1.25. The van der Waals surface area contributed by atoms with Crippen LogP contribution in [0.2, 0.25) is 0 Å². The molecule has 0 aliphatic heterocycles. The van der Waals surface area contributed by atoms with Gasteiger partial charge in [-0.3, -0.25) is 14.8 Å². The topological polar surface area (TPSA) is 93.4 Å². The van der Waals surface area contributed by atoms with E-state index >= 15 is 0 Å². The van der Waals surface area contributed by atoms with Gasteiger partial charge in [-0.2, -0.15) is 5.10 Å². The molecule has 0 aliphatic rings. The number of aliphatic hydroxyl groups excluding tert-OH is 1. The maximum absolute atomic E-state index is 11.5. The summed E-state index contributed by atoms with van der Waals surface area (Å²) in [7, 11) is 0. The summed E-state index contributed by atoms with van der Waals surface area (Å²) in [6.45, 7) is 5.36. The van der Waals surface area contributed by atoms with E-state index in [9.17, 15) is 9.59 Å². The van der Waals surface area contributed by atoms with E-state index in [1.54, 1.807) is 20.8 Å². The molecular formula is C11H17N3O4. The zero-order valence-corrected chi connectivity index (χ0v) is 10.6. The van der Waals surface area contributed by atoms with E-state index in [1.165, 1.54) is 10.9 Å². The van der Waals surface area contributed by atoms with Crippen LogP contribution in [-0.2, 0) is 11.3 Å². The van der Waals surface area contributed by atoms with Gasteiger partial charge in [0.15, 0.2) is 6.29 Å². The van der Waals surface area contributed by atoms with Crippen LogP contribution in [0.3, 0.4) is 0 Å². The summed E-state index contributed by atoms with van der Waals surface area (Å²) in [6, 6.07) is 0. The molecule has 0 aliphatic carbocycles. The average molecular weight is 255 g/mol. The number of anilines is 1. The fraction of sp³-hybridized carbons (Fsp3) is 0.545. The van der Waals surface area contributed by atoms with Crippen molar-refractivity contribution in [3.8, 4) is 0 Å². The molecule has 0 spiro atoms. The number of carbonyl (C=O) groups is 2. The Kier molecular flexibility index (Phi) is 4.43. The van der Waals surface area contributed by atoms with Gasteiger partial charge in [0.2, 0.25) is 0 Å². The highest BCUT2D eigenvalue weighted by Gasteiger charge is 2.18. The average Bonchev–Trinajstić information content (AvgIpc) is 2.57. The normalized spacial score (nSPS) is 11.1. The Hall–Kier alpha value is -1.89. The summed E-state index contributed by atoms with van der Waals surface area (Å²) < 4.78 is 6.43. The van der Waals surface area contributed by atoms with E-state index in [4.69, 9.17) is 9.84 Å². The Labute approximate surface area is 105 Å². The second-order valence-electron chi connectivity index (χ2n) is 4.66. The number of aliphatic hydroxyl groups is 1. The minimum absolute atomic E-state index is 0.0920. The van der Waals surface area contributed by atoms with Crippen LogP contribution in [0.4, 0.5) is 10.5 Å². The van der Waals surface area contributed by atoms with Crippen molar-refractivity contribution >= 4 is 18.1 Å². The summed E-state index contributed by atoms with van der Waals surface area (Å²) in [5.74, 6) is 0. The molecule has 1 aromatic heterocycles. The number of carbonyl (C=O) groups excluding carboxylic acids is 2. The molecule has 1 aromatic rings. The Morgan fingerprint density at radius 1 is 1.61 bits per heavy atom. The SMILES string of the molecule is CC(C)(C)OC(=O)Nc1cn(CCO)nc1C=O. The van der Waals surface area contributed by atoms with Crippen LogP contribution in [-0.4, -0.2) is 39.5 Å². The summed E-state index contributed by atoms with van der Waals surface area (Å²) in [6.07, 6.45) is 1.33. The molecule has 1 heterocycles. The van der Waals surface area contributed by atoms with Crippen molar-refractivity contribution < 1.29 is 19.4 Å². The molecule has 0 saturated carbocycles. The van der Waals surface area contributed by atoms with Gasteiger partial charge in [0, 0.05) is 6.20 Å². The quantitative estimate of drug-likeness (QED) is 0.784. The summed E-state index contributed by atoms with van der Waals surface area (Å²) in [5, 5.41) is 15.1. The first-order chi connectivity index (χ1) is 8.35. The van der Waals surface area contributed by atoms with E-state index < -0.39 is 11.7 Å². The number of aldehydes is 1. The molecule has 0 aromatic carbocycles. The molecule has 18 heavy (non-hydrogen) atoms. The van der Waals surface area contributed by atoms with E-state index in [1.807, 2.05) is 0 Å². The minimum atomic E-state index is -0.658. The van der Waals surface area contributed by atoms with Crippen LogP contribution in [0.15, 0.2) is 6.20 Å². The number of hydrogen-bond donors (Lipinski definition) is 2. The first-order valence-corrected chi connectivity index (χ1v) is 5.49. The highest BCUT2D eigenvalue weighted by Crippen LogP contribution is 2.14. The Morgan fingerprint density at radius 2 is 2.28 bits per heavy atom. The first kappa shape index (κ1) is 14.2. The molecule has 2 N–H and O–H groups in total. The van der Waals surface area contributed by atoms with Crippen molar-refractivity contribution in [3.63, 3.8) is 0 Å². The van der Waals surface area contributed by atoms with Gasteiger partial charge in [0.05, 0.1) is 18.8 Å². The maximum atomic E-state index is 11.5.